The normalized spacial score (nSPS) is 11.1. The number of carbonyl (C=O) groups excluding carboxylic acids is 1. The van der Waals surface area contributed by atoms with E-state index < -0.39 is 10.8 Å². The summed E-state index contributed by atoms with van der Waals surface area (Å²) < 4.78 is 7.65. The molecule has 0 unspecified atom stereocenters. The van der Waals surface area contributed by atoms with E-state index in [4.69, 9.17) is 27.9 Å². The van der Waals surface area contributed by atoms with Gasteiger partial charge in [-0.1, -0.05) is 23.2 Å². The minimum absolute atomic E-state index is 0.0966. The minimum Gasteiger partial charge on any atom is -0.439 e. The predicted molar refractivity (Wildman–Crippen MR) is 145 cm³/mol. The second-order valence-electron chi connectivity index (χ2n) is 8.12. The van der Waals surface area contributed by atoms with Crippen molar-refractivity contribution < 1.29 is 14.5 Å². The zero-order chi connectivity index (χ0) is 27.4. The summed E-state index contributed by atoms with van der Waals surface area (Å²) in [6.45, 7) is 3.79. The number of amides is 1. The molecule has 9 nitrogen and oxygen atoms in total. The Balaban J connectivity index is 1.55. The standard InChI is InChI=1S/C27H19Cl2N5O4/c1-16-11-18(12-19(14-30)27(35)32-25-13-20(28)3-9-24(25)29)17(2)33(16)21-4-7-23(8-5-21)38-26-10-6-22(15-31-26)34(36)37/h3-13,15H,1-2H3,(H,32,35)/b19-12-. The highest BCUT2D eigenvalue weighted by molar-refractivity contribution is 6.36. The Morgan fingerprint density at radius 2 is 1.87 bits per heavy atom. The van der Waals surface area contributed by atoms with Gasteiger partial charge in [-0.2, -0.15) is 5.26 Å². The van der Waals surface area contributed by atoms with Crippen molar-refractivity contribution in [2.45, 2.75) is 13.8 Å². The Labute approximate surface area is 227 Å². The number of nitrogens with one attached hydrogen (secondary N) is 1. The van der Waals surface area contributed by atoms with Crippen LogP contribution in [-0.4, -0.2) is 20.4 Å². The Hall–Kier alpha value is -4.65. The molecule has 0 aliphatic rings. The van der Waals surface area contributed by atoms with Crippen LogP contribution in [0.4, 0.5) is 11.4 Å². The number of carbonyl (C=O) groups is 1. The van der Waals surface area contributed by atoms with Gasteiger partial charge in [0.1, 0.15) is 23.6 Å². The first-order chi connectivity index (χ1) is 18.2. The third-order valence-electron chi connectivity index (χ3n) is 5.56. The van der Waals surface area contributed by atoms with E-state index in [-0.39, 0.29) is 17.1 Å². The summed E-state index contributed by atoms with van der Waals surface area (Å²) in [6.07, 6.45) is 2.65. The Kier molecular flexibility index (Phi) is 7.76. The third kappa shape index (κ3) is 5.83. The van der Waals surface area contributed by atoms with Crippen molar-refractivity contribution in [3.05, 3.63) is 110 Å². The Morgan fingerprint density at radius 3 is 2.50 bits per heavy atom. The van der Waals surface area contributed by atoms with Crippen molar-refractivity contribution in [1.82, 2.24) is 9.55 Å². The van der Waals surface area contributed by atoms with Crippen LogP contribution in [0.2, 0.25) is 10.0 Å². The van der Waals surface area contributed by atoms with Crippen LogP contribution >= 0.6 is 23.2 Å². The number of ether oxygens (including phenoxy) is 1. The molecule has 0 spiro atoms. The van der Waals surface area contributed by atoms with Gasteiger partial charge in [-0.25, -0.2) is 4.98 Å². The second-order valence-corrected chi connectivity index (χ2v) is 8.96. The van der Waals surface area contributed by atoms with Gasteiger partial charge in [-0.15, -0.1) is 0 Å². The summed E-state index contributed by atoms with van der Waals surface area (Å²) in [4.78, 5) is 27.0. The molecule has 38 heavy (non-hydrogen) atoms. The van der Waals surface area contributed by atoms with Crippen molar-refractivity contribution in [2.75, 3.05) is 5.32 Å². The van der Waals surface area contributed by atoms with Crippen molar-refractivity contribution in [1.29, 1.82) is 5.26 Å². The Bertz CT molecular complexity index is 1600. The first-order valence-corrected chi connectivity index (χ1v) is 11.9. The number of benzene rings is 2. The van der Waals surface area contributed by atoms with Gasteiger partial charge in [0.15, 0.2) is 0 Å². The van der Waals surface area contributed by atoms with E-state index in [1.165, 1.54) is 24.3 Å². The van der Waals surface area contributed by atoms with Gasteiger partial charge in [0.25, 0.3) is 11.6 Å². The van der Waals surface area contributed by atoms with Gasteiger partial charge >= 0.3 is 0 Å². The number of nitro groups is 1. The summed E-state index contributed by atoms with van der Waals surface area (Å²) in [5.41, 5.74) is 3.31. The first-order valence-electron chi connectivity index (χ1n) is 11.1. The summed E-state index contributed by atoms with van der Waals surface area (Å²) in [5.74, 6) is 0.120. The monoisotopic (exact) mass is 547 g/mol. The van der Waals surface area contributed by atoms with Crippen LogP contribution < -0.4 is 10.1 Å². The van der Waals surface area contributed by atoms with Gasteiger partial charge in [0, 0.05) is 34.2 Å². The largest absolute Gasteiger partial charge is 0.439 e. The van der Waals surface area contributed by atoms with Gasteiger partial charge < -0.3 is 14.6 Å². The maximum atomic E-state index is 12.8. The molecule has 11 heteroatoms. The molecular formula is C27H19Cl2N5O4. The van der Waals surface area contributed by atoms with Crippen molar-refractivity contribution in [3.63, 3.8) is 0 Å². The SMILES string of the molecule is Cc1cc(/C=C(/C#N)C(=O)Nc2cc(Cl)ccc2Cl)c(C)n1-c1ccc(Oc2ccc([N+](=O)[O-])cn2)cc1. The lowest BCUT2D eigenvalue weighted by atomic mass is 10.1. The molecule has 190 valence electrons. The number of nitriles is 1. The fraction of sp³-hybridized carbons (Fsp3) is 0.0741. The maximum absolute atomic E-state index is 12.8. The number of halogens is 2. The van der Waals surface area contributed by atoms with Crippen LogP contribution in [0.25, 0.3) is 11.8 Å². The van der Waals surface area contributed by atoms with Crippen LogP contribution in [0.3, 0.4) is 0 Å². The molecule has 4 rings (SSSR count). The fourth-order valence-electron chi connectivity index (χ4n) is 3.74. The molecule has 1 amide bonds. The van der Waals surface area contributed by atoms with Gasteiger partial charge in [0.2, 0.25) is 5.88 Å². The molecular weight excluding hydrogens is 529 g/mol. The average molecular weight is 548 g/mol. The van der Waals surface area contributed by atoms with Crippen LogP contribution in [0.15, 0.2) is 72.4 Å². The van der Waals surface area contributed by atoms with Crippen LogP contribution in [0.1, 0.15) is 17.0 Å². The molecule has 0 bridgehead atoms. The summed E-state index contributed by atoms with van der Waals surface area (Å²) in [7, 11) is 0. The van der Waals surface area contributed by atoms with E-state index in [2.05, 4.69) is 10.3 Å². The van der Waals surface area contributed by atoms with Crippen molar-refractivity contribution in [2.24, 2.45) is 0 Å². The maximum Gasteiger partial charge on any atom is 0.287 e. The summed E-state index contributed by atoms with van der Waals surface area (Å²) >= 11 is 12.1. The number of aryl methyl sites for hydroxylation is 1. The molecule has 0 aliphatic heterocycles. The molecule has 0 radical (unpaired) electrons. The molecule has 2 aromatic carbocycles. The van der Waals surface area contributed by atoms with E-state index in [0.717, 1.165) is 23.3 Å². The number of anilines is 1. The molecule has 2 heterocycles. The van der Waals surface area contributed by atoms with Crippen molar-refractivity contribution >= 4 is 46.6 Å². The molecule has 0 aliphatic carbocycles. The van der Waals surface area contributed by atoms with E-state index in [9.17, 15) is 20.2 Å². The highest BCUT2D eigenvalue weighted by Crippen LogP contribution is 2.28. The first kappa shape index (κ1) is 26.4. The van der Waals surface area contributed by atoms with Crippen molar-refractivity contribution in [3.8, 4) is 23.4 Å². The van der Waals surface area contributed by atoms with E-state index in [1.54, 1.807) is 24.3 Å². The topological polar surface area (TPSA) is 123 Å². The quantitative estimate of drug-likeness (QED) is 0.114. The van der Waals surface area contributed by atoms with Crippen LogP contribution in [-0.2, 0) is 4.79 Å². The number of aromatic nitrogens is 2. The van der Waals surface area contributed by atoms with E-state index in [1.807, 2.05) is 42.7 Å². The zero-order valence-corrected chi connectivity index (χ0v) is 21.6. The Morgan fingerprint density at radius 1 is 1.13 bits per heavy atom. The zero-order valence-electron chi connectivity index (χ0n) is 20.1. The lowest BCUT2D eigenvalue weighted by Gasteiger charge is -2.11. The molecule has 0 saturated heterocycles. The van der Waals surface area contributed by atoms with Crippen LogP contribution in [0.5, 0.6) is 11.6 Å². The number of hydrogen-bond donors (Lipinski definition) is 1. The molecule has 0 atom stereocenters. The molecule has 1 N–H and O–H groups in total. The smallest absolute Gasteiger partial charge is 0.287 e. The predicted octanol–water partition coefficient (Wildman–Crippen LogP) is 7.04. The lowest BCUT2D eigenvalue weighted by Crippen LogP contribution is -2.13. The second kappa shape index (κ2) is 11.2. The summed E-state index contributed by atoms with van der Waals surface area (Å²) in [6, 6.07) is 18.4. The lowest BCUT2D eigenvalue weighted by molar-refractivity contribution is -0.385. The van der Waals surface area contributed by atoms with Gasteiger partial charge in [-0.05, 0) is 74.0 Å². The highest BCUT2D eigenvalue weighted by Gasteiger charge is 2.15. The van der Waals surface area contributed by atoms with E-state index >= 15 is 0 Å². The van der Waals surface area contributed by atoms with E-state index in [0.29, 0.717) is 27.0 Å². The van der Waals surface area contributed by atoms with Gasteiger partial charge in [0.05, 0.1) is 15.6 Å². The number of rotatable bonds is 7. The van der Waals surface area contributed by atoms with Crippen LogP contribution in [0, 0.1) is 35.3 Å². The average Bonchev–Trinajstić information content (AvgIpc) is 3.17. The number of hydrogen-bond acceptors (Lipinski definition) is 6. The van der Waals surface area contributed by atoms with Gasteiger partial charge in [-0.3, -0.25) is 14.9 Å². The summed E-state index contributed by atoms with van der Waals surface area (Å²) in [5, 5.41) is 23.7. The highest BCUT2D eigenvalue weighted by atomic mass is 35.5. The molecule has 4 aromatic rings. The minimum atomic E-state index is -0.608. The number of pyridine rings is 1. The fourth-order valence-corrected chi connectivity index (χ4v) is 4.08. The number of nitrogens with zero attached hydrogens (tertiary/aromatic N) is 4. The molecule has 0 saturated carbocycles. The molecule has 0 fully saturated rings. The third-order valence-corrected chi connectivity index (χ3v) is 6.13. The molecule has 2 aromatic heterocycles.